The van der Waals surface area contributed by atoms with Gasteiger partial charge in [0.15, 0.2) is 5.56 Å². The van der Waals surface area contributed by atoms with Gasteiger partial charge in [0, 0.05) is 6.07 Å². The number of aromatic amines is 2. The average Bonchev–Trinajstić information content (AvgIpc) is 2.80. The number of nitro benzene ring substituents is 1. The molecule has 0 amide bonds. The van der Waals surface area contributed by atoms with Gasteiger partial charge in [-0.2, -0.15) is 0 Å². The molecular weight excluding hydrogens is 266 g/mol. The number of esters is 1. The molecule has 1 aromatic heterocycles. The summed E-state index contributed by atoms with van der Waals surface area (Å²) in [6.45, 7) is 1.70. The number of para-hydroxylation sites is 1. The molecule has 2 aromatic rings. The second-order valence-corrected chi connectivity index (χ2v) is 3.82. The Morgan fingerprint density at radius 2 is 2.05 bits per heavy atom. The lowest BCUT2D eigenvalue weighted by Crippen LogP contribution is -2.16. The Morgan fingerprint density at radius 1 is 1.35 bits per heavy atom. The van der Waals surface area contributed by atoms with Crippen molar-refractivity contribution in [2.45, 2.75) is 6.92 Å². The predicted octanol–water partition coefficient (Wildman–Crippen LogP) is 1.45. The maximum absolute atomic E-state index is 11.8. The van der Waals surface area contributed by atoms with Crippen molar-refractivity contribution in [1.82, 2.24) is 10.2 Å². The zero-order valence-corrected chi connectivity index (χ0v) is 10.5. The van der Waals surface area contributed by atoms with Crippen LogP contribution in [0.3, 0.4) is 0 Å². The lowest BCUT2D eigenvalue weighted by atomic mass is 10.1. The van der Waals surface area contributed by atoms with Gasteiger partial charge >= 0.3 is 5.97 Å². The number of benzene rings is 1. The minimum Gasteiger partial charge on any atom is -0.462 e. The highest BCUT2D eigenvalue weighted by Crippen LogP contribution is 2.29. The van der Waals surface area contributed by atoms with E-state index in [1.54, 1.807) is 13.0 Å². The van der Waals surface area contributed by atoms with Gasteiger partial charge in [0.25, 0.3) is 11.2 Å². The standard InChI is InChI=1S/C12H11N3O5/c1-2-20-12(17)9-10(13-14-11(9)16)7-5-3-4-6-8(7)15(18)19/h3-6H,2H2,1H3,(H2,13,14,16). The molecule has 8 heteroatoms. The van der Waals surface area contributed by atoms with Gasteiger partial charge in [0.1, 0.15) is 0 Å². The normalized spacial score (nSPS) is 10.2. The molecule has 2 N–H and O–H groups in total. The van der Waals surface area contributed by atoms with E-state index in [2.05, 4.69) is 10.2 Å². The van der Waals surface area contributed by atoms with Crippen molar-refractivity contribution >= 4 is 11.7 Å². The SMILES string of the molecule is CCOC(=O)c1c(-c2ccccc2[N+](=O)[O-])[nH][nH]c1=O. The van der Waals surface area contributed by atoms with Crippen molar-refractivity contribution in [2.24, 2.45) is 0 Å². The smallest absolute Gasteiger partial charge is 0.346 e. The van der Waals surface area contributed by atoms with Gasteiger partial charge in [0.2, 0.25) is 0 Å². The number of nitrogens with one attached hydrogen (secondary N) is 2. The van der Waals surface area contributed by atoms with Crippen molar-refractivity contribution in [1.29, 1.82) is 0 Å². The van der Waals surface area contributed by atoms with Gasteiger partial charge in [-0.05, 0) is 13.0 Å². The third-order valence-corrected chi connectivity index (χ3v) is 2.63. The van der Waals surface area contributed by atoms with E-state index in [0.717, 1.165) is 0 Å². The minimum absolute atomic E-state index is 0.0424. The molecule has 0 spiro atoms. The summed E-state index contributed by atoms with van der Waals surface area (Å²) < 4.78 is 4.78. The highest BCUT2D eigenvalue weighted by molar-refractivity contribution is 5.97. The van der Waals surface area contributed by atoms with Crippen molar-refractivity contribution < 1.29 is 14.5 Å². The number of hydrogen-bond acceptors (Lipinski definition) is 5. The summed E-state index contributed by atoms with van der Waals surface area (Å²) in [5.74, 6) is -0.830. The predicted molar refractivity (Wildman–Crippen MR) is 69.5 cm³/mol. The summed E-state index contributed by atoms with van der Waals surface area (Å²) in [6, 6.07) is 5.80. The lowest BCUT2D eigenvalue weighted by Gasteiger charge is -2.03. The van der Waals surface area contributed by atoms with E-state index in [9.17, 15) is 19.7 Å². The van der Waals surface area contributed by atoms with Crippen LogP contribution >= 0.6 is 0 Å². The number of H-pyrrole nitrogens is 2. The molecule has 0 fully saturated rings. The number of nitro groups is 1. The van der Waals surface area contributed by atoms with Crippen LogP contribution in [0.4, 0.5) is 5.69 Å². The first-order valence-corrected chi connectivity index (χ1v) is 5.77. The molecule has 0 bridgehead atoms. The van der Waals surface area contributed by atoms with Gasteiger partial charge in [0.05, 0.1) is 22.8 Å². The van der Waals surface area contributed by atoms with Crippen molar-refractivity contribution in [2.75, 3.05) is 6.61 Å². The molecule has 20 heavy (non-hydrogen) atoms. The first-order valence-electron chi connectivity index (χ1n) is 5.77. The molecule has 0 radical (unpaired) electrons. The third kappa shape index (κ3) is 2.30. The highest BCUT2D eigenvalue weighted by atomic mass is 16.6. The maximum Gasteiger partial charge on any atom is 0.346 e. The summed E-state index contributed by atoms with van der Waals surface area (Å²) in [4.78, 5) is 33.8. The van der Waals surface area contributed by atoms with Crippen molar-refractivity contribution in [3.8, 4) is 11.3 Å². The van der Waals surface area contributed by atoms with Crippen LogP contribution in [0, 0.1) is 10.1 Å². The first kappa shape index (κ1) is 13.5. The molecule has 0 aliphatic heterocycles. The number of nitrogens with zero attached hydrogens (tertiary/aromatic N) is 1. The van der Waals surface area contributed by atoms with Crippen LogP contribution in [-0.4, -0.2) is 27.7 Å². The monoisotopic (exact) mass is 277 g/mol. The Hall–Kier alpha value is -2.90. The minimum atomic E-state index is -0.830. The Labute approximate surface area is 112 Å². The molecule has 1 heterocycles. The summed E-state index contributed by atoms with van der Waals surface area (Å²) in [5.41, 5.74) is -0.995. The van der Waals surface area contributed by atoms with Gasteiger partial charge in [-0.25, -0.2) is 4.79 Å². The summed E-state index contributed by atoms with van der Waals surface area (Å²) >= 11 is 0. The Kier molecular flexibility index (Phi) is 3.65. The highest BCUT2D eigenvalue weighted by Gasteiger charge is 2.25. The molecule has 0 saturated carbocycles. The Balaban J connectivity index is 2.63. The molecule has 1 aromatic carbocycles. The molecule has 104 valence electrons. The zero-order chi connectivity index (χ0) is 14.7. The molecule has 0 unspecified atom stereocenters. The summed E-state index contributed by atoms with van der Waals surface area (Å²) in [7, 11) is 0. The molecule has 2 rings (SSSR count). The van der Waals surface area contributed by atoms with Gasteiger partial charge < -0.3 is 4.74 Å². The number of carbonyl (C=O) groups is 1. The van der Waals surface area contributed by atoms with Crippen LogP contribution in [0.2, 0.25) is 0 Å². The molecule has 0 atom stereocenters. The van der Waals surface area contributed by atoms with E-state index in [1.165, 1.54) is 18.2 Å². The van der Waals surface area contributed by atoms with Crippen LogP contribution in [-0.2, 0) is 4.74 Å². The van der Waals surface area contributed by atoms with Gasteiger partial charge in [-0.15, -0.1) is 0 Å². The number of rotatable bonds is 4. The number of ether oxygens (including phenoxy) is 1. The second kappa shape index (κ2) is 5.39. The van der Waals surface area contributed by atoms with Crippen LogP contribution in [0.1, 0.15) is 17.3 Å². The lowest BCUT2D eigenvalue weighted by molar-refractivity contribution is -0.384. The molecule has 8 nitrogen and oxygen atoms in total. The van der Waals surface area contributed by atoms with Crippen LogP contribution in [0.5, 0.6) is 0 Å². The van der Waals surface area contributed by atoms with E-state index in [4.69, 9.17) is 4.74 Å². The third-order valence-electron chi connectivity index (χ3n) is 2.63. The average molecular weight is 277 g/mol. The quantitative estimate of drug-likeness (QED) is 0.498. The van der Waals surface area contributed by atoms with E-state index in [0.29, 0.717) is 0 Å². The van der Waals surface area contributed by atoms with Crippen molar-refractivity contribution in [3.05, 3.63) is 50.3 Å². The number of carbonyl (C=O) groups excluding carboxylic acids is 1. The Morgan fingerprint density at radius 3 is 2.70 bits per heavy atom. The molecule has 0 aliphatic carbocycles. The topological polar surface area (TPSA) is 118 Å². The first-order chi connectivity index (χ1) is 9.56. The molecular formula is C12H11N3O5. The van der Waals surface area contributed by atoms with E-state index in [1.807, 2.05) is 0 Å². The van der Waals surface area contributed by atoms with E-state index in [-0.39, 0.29) is 29.1 Å². The van der Waals surface area contributed by atoms with Crippen LogP contribution in [0.25, 0.3) is 11.3 Å². The largest absolute Gasteiger partial charge is 0.462 e. The zero-order valence-electron chi connectivity index (χ0n) is 10.5. The molecule has 0 saturated heterocycles. The van der Waals surface area contributed by atoms with Gasteiger partial charge in [-0.1, -0.05) is 12.1 Å². The van der Waals surface area contributed by atoms with E-state index < -0.39 is 16.5 Å². The fourth-order valence-corrected chi connectivity index (χ4v) is 1.80. The Bertz CT molecular complexity index is 716. The van der Waals surface area contributed by atoms with E-state index >= 15 is 0 Å². The van der Waals surface area contributed by atoms with Crippen LogP contribution < -0.4 is 5.56 Å². The summed E-state index contributed by atoms with van der Waals surface area (Å²) in [5, 5.41) is 15.7. The number of hydrogen-bond donors (Lipinski definition) is 2. The van der Waals surface area contributed by atoms with Gasteiger partial charge in [-0.3, -0.25) is 25.1 Å². The van der Waals surface area contributed by atoms with Crippen molar-refractivity contribution in [3.63, 3.8) is 0 Å². The van der Waals surface area contributed by atoms with Crippen LogP contribution in [0.15, 0.2) is 29.1 Å². The summed E-state index contributed by atoms with van der Waals surface area (Å²) in [6.07, 6.45) is 0. The maximum atomic E-state index is 11.8. The number of aromatic nitrogens is 2. The second-order valence-electron chi connectivity index (χ2n) is 3.82. The fraction of sp³-hybridized carbons (Fsp3) is 0.167. The molecule has 0 aliphatic rings. The fourth-order valence-electron chi connectivity index (χ4n) is 1.80.